The van der Waals surface area contributed by atoms with Gasteiger partial charge in [0.2, 0.25) is 10.0 Å². The number of morpholine rings is 1. The van der Waals surface area contributed by atoms with Crippen molar-refractivity contribution in [1.29, 1.82) is 0 Å². The van der Waals surface area contributed by atoms with Gasteiger partial charge in [0, 0.05) is 19.6 Å². The summed E-state index contributed by atoms with van der Waals surface area (Å²) < 4.78 is 32.5. The van der Waals surface area contributed by atoms with Crippen LogP contribution in [0.4, 0.5) is 0 Å². The maximum atomic E-state index is 12.2. The first kappa shape index (κ1) is 16.0. The first-order valence-electron chi connectivity index (χ1n) is 6.14. The number of nitrogens with zero attached hydrogens (tertiary/aromatic N) is 1. The van der Waals surface area contributed by atoms with E-state index in [9.17, 15) is 8.42 Å². The zero-order valence-electron chi connectivity index (χ0n) is 11.0. The minimum atomic E-state index is -3.75. The van der Waals surface area contributed by atoms with Gasteiger partial charge in [-0.1, -0.05) is 29.3 Å². The maximum Gasteiger partial charge on any atom is 0.243 e. The Balaban J connectivity index is 2.08. The van der Waals surface area contributed by atoms with Crippen molar-refractivity contribution in [2.45, 2.75) is 11.0 Å². The van der Waals surface area contributed by atoms with Crippen molar-refractivity contribution in [1.82, 2.24) is 9.62 Å². The van der Waals surface area contributed by atoms with Gasteiger partial charge in [0.15, 0.2) is 0 Å². The molecule has 0 amide bonds. The van der Waals surface area contributed by atoms with Crippen molar-refractivity contribution in [2.24, 2.45) is 0 Å². The van der Waals surface area contributed by atoms with Crippen molar-refractivity contribution in [2.75, 3.05) is 33.3 Å². The van der Waals surface area contributed by atoms with Crippen LogP contribution in [0.1, 0.15) is 0 Å². The molecule has 1 atom stereocenters. The Bertz CT molecular complexity index is 560. The summed E-state index contributed by atoms with van der Waals surface area (Å²) in [5.74, 6) is 0. The molecule has 0 bridgehead atoms. The average molecular weight is 339 g/mol. The molecule has 0 aliphatic carbocycles. The Hall–Kier alpha value is -0.370. The molecule has 0 saturated carbocycles. The molecular weight excluding hydrogens is 323 g/mol. The van der Waals surface area contributed by atoms with Gasteiger partial charge >= 0.3 is 0 Å². The fraction of sp³-hybridized carbons (Fsp3) is 0.500. The Morgan fingerprint density at radius 1 is 1.40 bits per heavy atom. The molecule has 0 aromatic heterocycles. The van der Waals surface area contributed by atoms with Crippen molar-refractivity contribution in [3.63, 3.8) is 0 Å². The van der Waals surface area contributed by atoms with Gasteiger partial charge in [0.1, 0.15) is 4.90 Å². The van der Waals surface area contributed by atoms with Crippen LogP contribution in [0.2, 0.25) is 10.0 Å². The minimum absolute atomic E-state index is 0.0903. The molecule has 1 aromatic rings. The van der Waals surface area contributed by atoms with Crippen molar-refractivity contribution >= 4 is 33.2 Å². The minimum Gasteiger partial charge on any atom is -0.374 e. The summed E-state index contributed by atoms with van der Waals surface area (Å²) in [5.41, 5.74) is 0. The van der Waals surface area contributed by atoms with E-state index >= 15 is 0 Å². The third-order valence-electron chi connectivity index (χ3n) is 3.03. The molecule has 112 valence electrons. The molecule has 0 radical (unpaired) electrons. The predicted octanol–water partition coefficient (Wildman–Crippen LogP) is 1.60. The molecular formula is C12H16Cl2N2O3S. The second-order valence-corrected chi connectivity index (χ2v) is 7.18. The fourth-order valence-corrected chi connectivity index (χ4v) is 4.21. The Morgan fingerprint density at radius 2 is 2.05 bits per heavy atom. The lowest BCUT2D eigenvalue weighted by Gasteiger charge is -2.30. The van der Waals surface area contributed by atoms with Gasteiger partial charge in [0.05, 0.1) is 22.8 Å². The number of likely N-dealkylation sites (N-methyl/N-ethyl adjacent to an activating group) is 1. The Kier molecular flexibility index (Phi) is 5.28. The number of sulfonamides is 1. The second-order valence-electron chi connectivity index (χ2n) is 4.66. The largest absolute Gasteiger partial charge is 0.374 e. The van der Waals surface area contributed by atoms with Crippen LogP contribution >= 0.6 is 23.2 Å². The highest BCUT2D eigenvalue weighted by Crippen LogP contribution is 2.28. The molecule has 0 unspecified atom stereocenters. The van der Waals surface area contributed by atoms with Gasteiger partial charge in [-0.2, -0.15) is 0 Å². The zero-order chi connectivity index (χ0) is 14.8. The van der Waals surface area contributed by atoms with Gasteiger partial charge in [-0.3, -0.25) is 0 Å². The smallest absolute Gasteiger partial charge is 0.243 e. The molecule has 1 aliphatic heterocycles. The molecule has 0 spiro atoms. The summed E-state index contributed by atoms with van der Waals surface area (Å²) in [6, 6.07) is 4.59. The van der Waals surface area contributed by atoms with Crippen molar-refractivity contribution in [3.05, 3.63) is 28.2 Å². The highest BCUT2D eigenvalue weighted by molar-refractivity contribution is 7.89. The lowest BCUT2D eigenvalue weighted by atomic mass is 10.3. The first-order chi connectivity index (χ1) is 9.40. The van der Waals surface area contributed by atoms with Crippen LogP contribution in [-0.4, -0.2) is 52.7 Å². The summed E-state index contributed by atoms with van der Waals surface area (Å²) in [7, 11) is -1.78. The average Bonchev–Trinajstić information content (AvgIpc) is 2.36. The van der Waals surface area contributed by atoms with Crippen LogP contribution < -0.4 is 4.72 Å². The molecule has 8 heteroatoms. The van der Waals surface area contributed by atoms with E-state index in [0.717, 1.165) is 6.54 Å². The summed E-state index contributed by atoms with van der Waals surface area (Å²) >= 11 is 11.8. The highest BCUT2D eigenvalue weighted by Gasteiger charge is 2.24. The van der Waals surface area contributed by atoms with Crippen LogP contribution in [0.5, 0.6) is 0 Å². The number of halogens is 2. The number of hydrogen-bond acceptors (Lipinski definition) is 4. The van der Waals surface area contributed by atoms with Gasteiger partial charge in [-0.15, -0.1) is 0 Å². The standard InChI is InChI=1S/C12H16Cl2N2O3S/c1-16-5-6-19-9(8-16)7-15-20(17,18)12-10(13)3-2-4-11(12)14/h2-4,9,15H,5-8H2,1H3/t9-/m0/s1. The lowest BCUT2D eigenvalue weighted by molar-refractivity contribution is -0.0156. The van der Waals surface area contributed by atoms with E-state index in [0.29, 0.717) is 13.2 Å². The monoisotopic (exact) mass is 338 g/mol. The normalized spacial score (nSPS) is 21.1. The Labute approximate surface area is 128 Å². The van der Waals surface area contributed by atoms with E-state index in [-0.39, 0.29) is 27.6 Å². The summed E-state index contributed by atoms with van der Waals surface area (Å²) in [6.45, 7) is 2.31. The van der Waals surface area contributed by atoms with Crippen LogP contribution in [0.3, 0.4) is 0 Å². The van der Waals surface area contributed by atoms with Crippen LogP contribution in [0.15, 0.2) is 23.1 Å². The van der Waals surface area contributed by atoms with Crippen LogP contribution in [0.25, 0.3) is 0 Å². The molecule has 1 aromatic carbocycles. The first-order valence-corrected chi connectivity index (χ1v) is 8.38. The molecule has 2 rings (SSSR count). The van der Waals surface area contributed by atoms with Gasteiger partial charge in [-0.25, -0.2) is 13.1 Å². The van der Waals surface area contributed by atoms with Crippen LogP contribution in [0, 0.1) is 0 Å². The topological polar surface area (TPSA) is 58.6 Å². The summed E-state index contributed by atoms with van der Waals surface area (Å²) in [6.07, 6.45) is -0.176. The number of ether oxygens (including phenoxy) is 1. The van der Waals surface area contributed by atoms with E-state index < -0.39 is 10.0 Å². The quantitative estimate of drug-likeness (QED) is 0.905. The van der Waals surface area contributed by atoms with E-state index in [1.165, 1.54) is 12.1 Å². The predicted molar refractivity (Wildman–Crippen MR) is 78.9 cm³/mol. The lowest BCUT2D eigenvalue weighted by Crippen LogP contribution is -2.45. The van der Waals surface area contributed by atoms with E-state index in [1.807, 2.05) is 7.05 Å². The number of rotatable bonds is 4. The highest BCUT2D eigenvalue weighted by atomic mass is 35.5. The van der Waals surface area contributed by atoms with Gasteiger partial charge in [-0.05, 0) is 19.2 Å². The third-order valence-corrected chi connectivity index (χ3v) is 5.41. The van der Waals surface area contributed by atoms with E-state index in [4.69, 9.17) is 27.9 Å². The number of hydrogen-bond donors (Lipinski definition) is 1. The van der Waals surface area contributed by atoms with Crippen molar-refractivity contribution < 1.29 is 13.2 Å². The molecule has 1 aliphatic rings. The van der Waals surface area contributed by atoms with Gasteiger partial charge in [0.25, 0.3) is 0 Å². The Morgan fingerprint density at radius 3 is 2.65 bits per heavy atom. The number of nitrogens with one attached hydrogen (secondary N) is 1. The molecule has 1 heterocycles. The fourth-order valence-electron chi connectivity index (χ4n) is 2.00. The van der Waals surface area contributed by atoms with Gasteiger partial charge < -0.3 is 9.64 Å². The maximum absolute atomic E-state index is 12.2. The molecule has 5 nitrogen and oxygen atoms in total. The third kappa shape index (κ3) is 3.84. The van der Waals surface area contributed by atoms with E-state index in [2.05, 4.69) is 9.62 Å². The summed E-state index contributed by atoms with van der Waals surface area (Å²) in [5, 5.41) is 0.207. The summed E-state index contributed by atoms with van der Waals surface area (Å²) in [4.78, 5) is 2.00. The number of benzene rings is 1. The van der Waals surface area contributed by atoms with Crippen LogP contribution in [-0.2, 0) is 14.8 Å². The zero-order valence-corrected chi connectivity index (χ0v) is 13.3. The van der Waals surface area contributed by atoms with Crippen molar-refractivity contribution in [3.8, 4) is 0 Å². The molecule has 1 N–H and O–H groups in total. The molecule has 1 fully saturated rings. The SMILES string of the molecule is CN1CCO[C@@H](CNS(=O)(=O)c2c(Cl)cccc2Cl)C1. The second kappa shape index (κ2) is 6.60. The van der Waals surface area contributed by atoms with E-state index in [1.54, 1.807) is 6.07 Å². The molecule has 20 heavy (non-hydrogen) atoms. The molecule has 1 saturated heterocycles.